The van der Waals surface area contributed by atoms with E-state index in [2.05, 4.69) is 11.7 Å². The molecule has 0 aromatic carbocycles. The van der Waals surface area contributed by atoms with Crippen molar-refractivity contribution in [1.29, 1.82) is 0 Å². The fourth-order valence-corrected chi connectivity index (χ4v) is 0.331. The Balaban J connectivity index is 2.78. The number of rotatable bonds is 3. The minimum Gasteiger partial charge on any atom is -0.505 e. The fourth-order valence-electron chi connectivity index (χ4n) is 0.331. The van der Waals surface area contributed by atoms with Gasteiger partial charge in [0.25, 0.3) is 0 Å². The Morgan fingerprint density at radius 1 is 1.57 bits per heavy atom. The number of ether oxygens (including phenoxy) is 1. The van der Waals surface area contributed by atoms with Crippen LogP contribution in [0.5, 0.6) is 0 Å². The topological polar surface area (TPSA) is 9.23 Å². The van der Waals surface area contributed by atoms with Gasteiger partial charge in [-0.1, -0.05) is 13.3 Å². The highest BCUT2D eigenvalue weighted by Gasteiger charge is 1.68. The van der Waals surface area contributed by atoms with E-state index in [9.17, 15) is 0 Å². The molecule has 42 valence electrons. The summed E-state index contributed by atoms with van der Waals surface area (Å²) in [6, 6.07) is 0. The van der Waals surface area contributed by atoms with E-state index in [4.69, 9.17) is 0 Å². The molecule has 0 atom stereocenters. The van der Waals surface area contributed by atoms with E-state index < -0.39 is 0 Å². The zero-order valence-electron chi connectivity index (χ0n) is 4.98. The van der Waals surface area contributed by atoms with Crippen LogP contribution in [0.2, 0.25) is 0 Å². The molecule has 0 spiro atoms. The van der Waals surface area contributed by atoms with Crippen LogP contribution in [0.1, 0.15) is 19.8 Å². The van der Waals surface area contributed by atoms with Crippen LogP contribution >= 0.6 is 0 Å². The van der Waals surface area contributed by atoms with Crippen LogP contribution < -0.4 is 0 Å². The van der Waals surface area contributed by atoms with Crippen molar-refractivity contribution in [2.75, 3.05) is 7.11 Å². The summed E-state index contributed by atoms with van der Waals surface area (Å²) in [7, 11) is 1.66. The number of hydrogen-bond acceptors (Lipinski definition) is 1. The van der Waals surface area contributed by atoms with Crippen molar-refractivity contribution in [2.45, 2.75) is 19.8 Å². The summed E-state index contributed by atoms with van der Waals surface area (Å²) in [6.45, 7) is 2.14. The first kappa shape index (κ1) is 6.54. The fraction of sp³-hybridized carbons (Fsp3) is 0.667. The van der Waals surface area contributed by atoms with Crippen molar-refractivity contribution in [3.8, 4) is 0 Å². The monoisotopic (exact) mass is 100 g/mol. The van der Waals surface area contributed by atoms with Gasteiger partial charge >= 0.3 is 0 Å². The standard InChI is InChI=1S/C6H12O/c1-3-4-5-6-7-2/h5-6H,3-4H2,1-2H3. The molecule has 0 unspecified atom stereocenters. The highest BCUT2D eigenvalue weighted by molar-refractivity contribution is 4.71. The van der Waals surface area contributed by atoms with E-state index in [1.165, 1.54) is 6.42 Å². The summed E-state index contributed by atoms with van der Waals surface area (Å²) in [5, 5.41) is 0. The average molecular weight is 100 g/mol. The lowest BCUT2D eigenvalue weighted by molar-refractivity contribution is 0.336. The molecule has 0 fully saturated rings. The van der Waals surface area contributed by atoms with E-state index >= 15 is 0 Å². The third-order valence-electron chi connectivity index (χ3n) is 0.688. The molecule has 0 radical (unpaired) electrons. The maximum atomic E-state index is 4.66. The Morgan fingerprint density at radius 3 is 2.71 bits per heavy atom. The van der Waals surface area contributed by atoms with Crippen molar-refractivity contribution in [1.82, 2.24) is 0 Å². The molecule has 0 heterocycles. The minimum atomic E-state index is 1.12. The highest BCUT2D eigenvalue weighted by atomic mass is 16.5. The molecule has 0 aliphatic rings. The third-order valence-corrected chi connectivity index (χ3v) is 0.688. The van der Waals surface area contributed by atoms with Gasteiger partial charge in [-0.15, -0.1) is 0 Å². The summed E-state index contributed by atoms with van der Waals surface area (Å²) in [5.74, 6) is 0. The van der Waals surface area contributed by atoms with E-state index in [1.807, 2.05) is 6.08 Å². The molecule has 1 nitrogen and oxygen atoms in total. The first-order valence-corrected chi connectivity index (χ1v) is 2.59. The summed E-state index contributed by atoms with van der Waals surface area (Å²) >= 11 is 0. The molecule has 0 aliphatic carbocycles. The molecular formula is C6H12O. The molecule has 0 aromatic rings. The minimum absolute atomic E-state index is 1.12. The Bertz CT molecular complexity index is 48.1. The van der Waals surface area contributed by atoms with Gasteiger partial charge in [0.15, 0.2) is 0 Å². The first-order valence-electron chi connectivity index (χ1n) is 2.59. The van der Waals surface area contributed by atoms with Crippen molar-refractivity contribution in [3.05, 3.63) is 12.3 Å². The van der Waals surface area contributed by atoms with Crippen molar-refractivity contribution in [2.24, 2.45) is 0 Å². The van der Waals surface area contributed by atoms with Crippen LogP contribution in [-0.4, -0.2) is 7.11 Å². The predicted molar refractivity (Wildman–Crippen MR) is 31.1 cm³/mol. The van der Waals surface area contributed by atoms with Crippen LogP contribution in [0.3, 0.4) is 0 Å². The SMILES string of the molecule is CCCC=COC. The van der Waals surface area contributed by atoms with Crippen LogP contribution in [0, 0.1) is 0 Å². The van der Waals surface area contributed by atoms with Gasteiger partial charge in [0.2, 0.25) is 0 Å². The van der Waals surface area contributed by atoms with Crippen molar-refractivity contribution in [3.63, 3.8) is 0 Å². The van der Waals surface area contributed by atoms with E-state index in [-0.39, 0.29) is 0 Å². The van der Waals surface area contributed by atoms with Gasteiger partial charge in [-0.3, -0.25) is 0 Å². The molecule has 0 saturated carbocycles. The van der Waals surface area contributed by atoms with Gasteiger partial charge in [-0.2, -0.15) is 0 Å². The molecule has 0 rings (SSSR count). The number of hydrogen-bond donors (Lipinski definition) is 0. The normalized spacial score (nSPS) is 10.0. The van der Waals surface area contributed by atoms with Gasteiger partial charge in [0.1, 0.15) is 0 Å². The molecule has 0 N–H and O–H groups in total. The Morgan fingerprint density at radius 2 is 2.29 bits per heavy atom. The molecule has 0 amide bonds. The largest absolute Gasteiger partial charge is 0.505 e. The maximum absolute atomic E-state index is 4.66. The second kappa shape index (κ2) is 5.54. The van der Waals surface area contributed by atoms with E-state index in [0.717, 1.165) is 6.42 Å². The lowest BCUT2D eigenvalue weighted by Gasteiger charge is -1.83. The van der Waals surface area contributed by atoms with Crippen LogP contribution in [0.25, 0.3) is 0 Å². The molecule has 7 heavy (non-hydrogen) atoms. The lowest BCUT2D eigenvalue weighted by Crippen LogP contribution is -1.64. The predicted octanol–water partition coefficient (Wildman–Crippen LogP) is 1.95. The quantitative estimate of drug-likeness (QED) is 0.492. The van der Waals surface area contributed by atoms with Gasteiger partial charge in [-0.25, -0.2) is 0 Å². The molecular weight excluding hydrogens is 88.1 g/mol. The van der Waals surface area contributed by atoms with E-state index in [1.54, 1.807) is 13.4 Å². The Hall–Kier alpha value is -0.460. The lowest BCUT2D eigenvalue weighted by atomic mass is 10.3. The van der Waals surface area contributed by atoms with Crippen LogP contribution in [0.4, 0.5) is 0 Å². The summed E-state index contributed by atoms with van der Waals surface area (Å²) in [5.41, 5.74) is 0. The van der Waals surface area contributed by atoms with Crippen LogP contribution in [-0.2, 0) is 4.74 Å². The van der Waals surface area contributed by atoms with E-state index in [0.29, 0.717) is 0 Å². The second-order valence-electron chi connectivity index (χ2n) is 1.40. The zero-order valence-corrected chi connectivity index (χ0v) is 4.98. The zero-order chi connectivity index (χ0) is 5.54. The van der Waals surface area contributed by atoms with Gasteiger partial charge < -0.3 is 4.74 Å². The van der Waals surface area contributed by atoms with Crippen LogP contribution in [0.15, 0.2) is 12.3 Å². The Kier molecular flexibility index (Phi) is 5.18. The maximum Gasteiger partial charge on any atom is 0.0784 e. The number of allylic oxidation sites excluding steroid dienone is 1. The first-order chi connectivity index (χ1) is 3.41. The molecule has 0 saturated heterocycles. The Labute approximate surface area is 45.0 Å². The molecule has 0 aromatic heterocycles. The summed E-state index contributed by atoms with van der Waals surface area (Å²) < 4.78 is 4.66. The van der Waals surface area contributed by atoms with Crippen molar-refractivity contribution >= 4 is 0 Å². The smallest absolute Gasteiger partial charge is 0.0784 e. The highest BCUT2D eigenvalue weighted by Crippen LogP contribution is 1.86. The summed E-state index contributed by atoms with van der Waals surface area (Å²) in [6.07, 6.45) is 6.04. The van der Waals surface area contributed by atoms with Gasteiger partial charge in [0.05, 0.1) is 13.4 Å². The van der Waals surface area contributed by atoms with Gasteiger partial charge in [-0.05, 0) is 12.5 Å². The van der Waals surface area contributed by atoms with Gasteiger partial charge in [0, 0.05) is 0 Å². The summed E-state index contributed by atoms with van der Waals surface area (Å²) in [4.78, 5) is 0. The molecule has 1 heteroatoms. The molecule has 0 aliphatic heterocycles. The number of unbranched alkanes of at least 4 members (excludes halogenated alkanes) is 1. The molecule has 0 bridgehead atoms. The second-order valence-corrected chi connectivity index (χ2v) is 1.40. The van der Waals surface area contributed by atoms with Crippen molar-refractivity contribution < 1.29 is 4.74 Å². The third kappa shape index (κ3) is 5.54. The number of methoxy groups -OCH3 is 1. The average Bonchev–Trinajstić information content (AvgIpc) is 1.69.